The Labute approximate surface area is 686 Å². The Morgan fingerprint density at radius 3 is 1.18 bits per heavy atom. The molecule has 12 aromatic rings. The number of allylic oxidation sites excluding steroid dienone is 1. The Morgan fingerprint density at radius 2 is 0.797 bits per heavy atom. The van der Waals surface area contributed by atoms with Crippen molar-refractivity contribution in [3.63, 3.8) is 0 Å². The average Bonchev–Trinajstić information content (AvgIpc) is 1.43. The normalized spacial score (nSPS) is 12.3. The van der Waals surface area contributed by atoms with Gasteiger partial charge in [-0.2, -0.15) is 20.7 Å². The molecule has 23 heteroatoms. The number of hydrogen-bond donors (Lipinski definition) is 9. The SMILES string of the molecule is C(=Nc1ccccc1)Nc1ccccc1.Cc1ccc(C(=O)/C(C#N)=C/Nc2ccccc2)cc1.Cc1ccc(C(=O)CC#N)cc1.Cc1ccc(C(=O)NC2CC2)cc1NN.Cc1ccc(C(=O)c2cnn(-c3cc(C(=O)NC4CC4)ccc3C)c2N)cc1.Cc1ccc(C(=O)c2cnn(-c3cc(C(=O)NC4CC4)ccc3C)c2N)cc1. The predicted molar refractivity (Wildman–Crippen MR) is 465 cm³/mol. The minimum atomic E-state index is -0.282. The number of benzene rings is 10. The molecule has 0 spiro atoms. The summed E-state index contributed by atoms with van der Waals surface area (Å²) in [7, 11) is 0. The minimum absolute atomic E-state index is 0.0194. The molecule has 3 amide bonds. The average molecular weight is 1570 g/mol. The van der Waals surface area contributed by atoms with E-state index in [1.807, 2.05) is 224 Å². The van der Waals surface area contributed by atoms with Gasteiger partial charge in [-0.15, -0.1) is 0 Å². The summed E-state index contributed by atoms with van der Waals surface area (Å²) in [5, 5.41) is 41.0. The molecule has 0 atom stereocenters. The molecule has 0 aliphatic heterocycles. The van der Waals surface area contributed by atoms with Gasteiger partial charge in [0, 0.05) is 74.6 Å². The van der Waals surface area contributed by atoms with E-state index in [9.17, 15) is 33.6 Å². The molecule has 3 aliphatic carbocycles. The number of nitrogens with zero attached hydrogens (tertiary/aromatic N) is 7. The summed E-state index contributed by atoms with van der Waals surface area (Å²) >= 11 is 0. The maximum absolute atomic E-state index is 12.8. The number of carbonyl (C=O) groups excluding carboxylic acids is 7. The van der Waals surface area contributed by atoms with Crippen molar-refractivity contribution in [2.24, 2.45) is 10.8 Å². The molecule has 0 bridgehead atoms. The van der Waals surface area contributed by atoms with E-state index in [4.69, 9.17) is 27.8 Å². The second-order valence-corrected chi connectivity index (χ2v) is 28.6. The van der Waals surface area contributed by atoms with E-state index < -0.39 is 0 Å². The molecule has 0 radical (unpaired) electrons. The van der Waals surface area contributed by atoms with Gasteiger partial charge in [-0.25, -0.2) is 14.4 Å². The minimum Gasteiger partial charge on any atom is -0.383 e. The van der Waals surface area contributed by atoms with Crippen LogP contribution in [0.4, 0.5) is 34.4 Å². The second-order valence-electron chi connectivity index (χ2n) is 28.6. The fourth-order valence-corrected chi connectivity index (χ4v) is 11.4. The second kappa shape index (κ2) is 41.7. The van der Waals surface area contributed by atoms with Crippen LogP contribution in [0, 0.1) is 71.1 Å². The number of anilines is 5. The fourth-order valence-electron chi connectivity index (χ4n) is 11.4. The lowest BCUT2D eigenvalue weighted by atomic mass is 10.0. The standard InChI is InChI=1S/2C22H22N4O2.C17H14N2O.C13H12N2.C11H15N3O.C10H9NO/c2*1-13-3-6-15(7-4-13)20(27)18-12-24-26(21(18)23)19-11-16(8-5-14(19)2)22(28)25-17-9-10-17;1-13-7-9-14(10-8-13)17(20)15(11-18)12-19-16-5-3-2-4-6-16;1-3-7-12(8-4-1)14-11-15-13-9-5-2-6-10-13;1-7-2-3-8(6-10(7)14-12)11(15)13-9-4-5-9;1-8-2-4-9(5-3-8)10(12)6-7-11/h2*3-8,11-12,17H,9-10,23H2,1-2H3,(H,25,28);2-10,12,19H,1H3;1-11H,(H,14,15);2-3,6,9,14H,4-5,12H2,1H3,(H,13,15);2-5H,6H2,1H3/b;;15-12+;;;. The number of hydrazine groups is 1. The summed E-state index contributed by atoms with van der Waals surface area (Å²) < 4.78 is 3.04. The highest BCUT2D eigenvalue weighted by Gasteiger charge is 2.28. The van der Waals surface area contributed by atoms with E-state index >= 15 is 0 Å². The van der Waals surface area contributed by atoms with Crippen LogP contribution in [0.3, 0.4) is 0 Å². The van der Waals surface area contributed by atoms with Gasteiger partial charge < -0.3 is 43.5 Å². The molecule has 12 N–H and O–H groups in total. The van der Waals surface area contributed by atoms with E-state index in [-0.39, 0.29) is 76.6 Å². The largest absolute Gasteiger partial charge is 0.383 e. The lowest BCUT2D eigenvalue weighted by Gasteiger charge is -2.11. The van der Waals surface area contributed by atoms with E-state index in [0.29, 0.717) is 67.5 Å². The first-order valence-corrected chi connectivity index (χ1v) is 38.5. The third-order valence-corrected chi connectivity index (χ3v) is 18.9. The quantitative estimate of drug-likeness (QED) is 0.00579. The number of carbonyl (C=O) groups is 7. The van der Waals surface area contributed by atoms with Crippen LogP contribution in [-0.4, -0.2) is 84.9 Å². The summed E-state index contributed by atoms with van der Waals surface area (Å²) in [6, 6.07) is 79.2. The third-order valence-electron chi connectivity index (χ3n) is 18.9. The lowest BCUT2D eigenvalue weighted by molar-refractivity contribution is 0.0942. The first-order valence-electron chi connectivity index (χ1n) is 38.5. The van der Waals surface area contributed by atoms with Gasteiger partial charge in [-0.3, -0.25) is 39.4 Å². The van der Waals surface area contributed by atoms with Crippen LogP contribution >= 0.6 is 0 Å². The number of rotatable bonds is 22. The number of para-hydroxylation sites is 3. The van der Waals surface area contributed by atoms with Crippen molar-refractivity contribution in [3.8, 4) is 23.5 Å². The maximum atomic E-state index is 12.8. The highest BCUT2D eigenvalue weighted by atomic mass is 16.2. The zero-order valence-corrected chi connectivity index (χ0v) is 66.8. The predicted octanol–water partition coefficient (Wildman–Crippen LogP) is 16.8. The van der Waals surface area contributed by atoms with Crippen LogP contribution in [0.1, 0.15) is 168 Å². The number of hydrogen-bond acceptors (Lipinski definition) is 17. The number of Topliss-reactive ketones (excluding diaryl/α,β-unsaturated/α-hetero) is 2. The van der Waals surface area contributed by atoms with Gasteiger partial charge in [0.15, 0.2) is 17.3 Å². The van der Waals surface area contributed by atoms with Crippen molar-refractivity contribution in [2.45, 2.75) is 112 Å². The number of ketones is 4. The monoisotopic (exact) mass is 1570 g/mol. The molecule has 3 saturated carbocycles. The molecule has 23 nitrogen and oxygen atoms in total. The van der Waals surface area contributed by atoms with E-state index in [1.54, 1.807) is 85.2 Å². The van der Waals surface area contributed by atoms with Crippen molar-refractivity contribution in [2.75, 3.05) is 27.5 Å². The van der Waals surface area contributed by atoms with Gasteiger partial charge in [0.1, 0.15) is 23.3 Å². The Hall–Kier alpha value is -14.9. The summed E-state index contributed by atoms with van der Waals surface area (Å²) in [6.07, 6.45) is 12.4. The number of nitriles is 2. The van der Waals surface area contributed by atoms with Crippen molar-refractivity contribution in [1.29, 1.82) is 10.5 Å². The highest BCUT2D eigenvalue weighted by molar-refractivity contribution is 6.13. The number of aromatic nitrogens is 4. The molecule has 10 aromatic carbocycles. The molecule has 2 heterocycles. The number of nitrogens with one attached hydrogen (secondary N) is 6. The first kappa shape index (κ1) is 85.5. The van der Waals surface area contributed by atoms with E-state index in [0.717, 1.165) is 100 Å². The highest BCUT2D eigenvalue weighted by Crippen LogP contribution is 2.29. The number of nitrogens with two attached hydrogens (primary N) is 3. The zero-order chi connectivity index (χ0) is 84.2. The van der Waals surface area contributed by atoms with E-state index in [1.165, 1.54) is 28.0 Å². The first-order chi connectivity index (χ1) is 57.0. The number of nitrogen functional groups attached to an aromatic ring is 3. The number of aliphatic imine (C=N–C) groups is 1. The van der Waals surface area contributed by atoms with Crippen LogP contribution in [0.25, 0.3) is 11.4 Å². The molecular weight excluding hydrogens is 1480 g/mol. The summed E-state index contributed by atoms with van der Waals surface area (Å²) in [5.74, 6) is 4.89. The van der Waals surface area contributed by atoms with Gasteiger partial charge in [0.25, 0.3) is 17.7 Å². The Bertz CT molecular complexity index is 5490. The van der Waals surface area contributed by atoms with Crippen molar-refractivity contribution >= 4 is 81.6 Å². The molecule has 3 aliphatic rings. The smallest absolute Gasteiger partial charge is 0.251 e. The van der Waals surface area contributed by atoms with Gasteiger partial charge in [0.05, 0.1) is 65.1 Å². The van der Waals surface area contributed by atoms with E-state index in [2.05, 4.69) is 47.2 Å². The molecule has 596 valence electrons. The third kappa shape index (κ3) is 25.0. The van der Waals surface area contributed by atoms with Gasteiger partial charge in [0.2, 0.25) is 5.78 Å². The molecule has 0 unspecified atom stereocenters. The van der Waals surface area contributed by atoms with Crippen LogP contribution in [-0.2, 0) is 0 Å². The van der Waals surface area contributed by atoms with Gasteiger partial charge in [-0.1, -0.05) is 192 Å². The van der Waals surface area contributed by atoms with Gasteiger partial charge >= 0.3 is 0 Å². The molecule has 15 rings (SSSR count). The molecule has 2 aromatic heterocycles. The maximum Gasteiger partial charge on any atom is 0.251 e. The Balaban J connectivity index is 0.000000153. The summed E-state index contributed by atoms with van der Waals surface area (Å²) in [4.78, 5) is 89.6. The summed E-state index contributed by atoms with van der Waals surface area (Å²) in [6.45, 7) is 13.6. The lowest BCUT2D eigenvalue weighted by Crippen LogP contribution is -2.25. The topological polar surface area (TPSA) is 365 Å². The van der Waals surface area contributed by atoms with Crippen LogP contribution in [0.15, 0.2) is 272 Å². The molecular formula is C95H94N16O7. The van der Waals surface area contributed by atoms with Crippen molar-refractivity contribution < 1.29 is 33.6 Å². The molecule has 3 fully saturated rings. The van der Waals surface area contributed by atoms with Crippen LogP contribution in [0.2, 0.25) is 0 Å². The summed E-state index contributed by atoms with van der Waals surface area (Å²) in [5.41, 5.74) is 32.1. The Morgan fingerprint density at radius 1 is 0.441 bits per heavy atom. The van der Waals surface area contributed by atoms with Gasteiger partial charge in [-0.05, 0) is 176 Å². The fraction of sp³-hybridized carbons (Fsp3) is 0.179. The molecule has 0 saturated heterocycles. The number of aryl methyl sites for hydroxylation is 7. The van der Waals surface area contributed by atoms with Crippen molar-refractivity contribution in [1.82, 2.24) is 35.5 Å². The number of amides is 3. The van der Waals surface area contributed by atoms with Crippen molar-refractivity contribution in [3.05, 3.63) is 356 Å². The van der Waals surface area contributed by atoms with Crippen LogP contribution < -0.4 is 49.3 Å². The zero-order valence-electron chi connectivity index (χ0n) is 66.8. The Kier molecular flexibility index (Phi) is 30.2. The molecule has 118 heavy (non-hydrogen) atoms. The van der Waals surface area contributed by atoms with Crippen LogP contribution in [0.5, 0.6) is 0 Å².